The summed E-state index contributed by atoms with van der Waals surface area (Å²) in [5.41, 5.74) is 4.55. The molecule has 1 aromatic rings. The van der Waals surface area contributed by atoms with E-state index in [0.717, 1.165) is 6.33 Å². The molecule has 19 heavy (non-hydrogen) atoms. The highest BCUT2D eigenvalue weighted by Crippen LogP contribution is 2.09. The van der Waals surface area contributed by atoms with Crippen molar-refractivity contribution in [1.82, 2.24) is 14.9 Å². The summed E-state index contributed by atoms with van der Waals surface area (Å²) in [7, 11) is 0. The summed E-state index contributed by atoms with van der Waals surface area (Å²) < 4.78 is 0. The van der Waals surface area contributed by atoms with Gasteiger partial charge in [0.25, 0.3) is 5.91 Å². The highest BCUT2D eigenvalue weighted by atomic mass is 16.4. The number of nitrogens with one attached hydrogen (secondary N) is 1. The van der Waals surface area contributed by atoms with Crippen LogP contribution >= 0.6 is 0 Å². The lowest BCUT2D eigenvalue weighted by atomic mass is 10.2. The number of nitrogens with two attached hydrogens (primary N) is 1. The zero-order chi connectivity index (χ0) is 14.6. The molecule has 2 amide bonds. The molecule has 0 aliphatic rings. The number of imidazole rings is 1. The number of aromatic carboxylic acids is 1. The molecule has 0 bridgehead atoms. The van der Waals surface area contributed by atoms with Crippen molar-refractivity contribution in [3.8, 4) is 0 Å². The minimum Gasteiger partial charge on any atom is -0.477 e. The number of aromatic nitrogens is 2. The number of nitrogens with zero attached hydrogens (tertiary/aromatic N) is 2. The van der Waals surface area contributed by atoms with Crippen LogP contribution in [0.3, 0.4) is 0 Å². The predicted octanol–water partition coefficient (Wildman–Crippen LogP) is -0.309. The molecule has 0 saturated heterocycles. The van der Waals surface area contributed by atoms with E-state index in [4.69, 9.17) is 10.8 Å². The quantitative estimate of drug-likeness (QED) is 0.651. The summed E-state index contributed by atoms with van der Waals surface area (Å²) in [4.78, 5) is 41.3. The van der Waals surface area contributed by atoms with Gasteiger partial charge in [-0.05, 0) is 5.92 Å². The molecule has 0 unspecified atom stereocenters. The molecule has 1 rings (SSSR count). The van der Waals surface area contributed by atoms with Crippen LogP contribution in [0.2, 0.25) is 0 Å². The van der Waals surface area contributed by atoms with E-state index in [0.29, 0.717) is 0 Å². The second-order valence-corrected chi connectivity index (χ2v) is 4.48. The van der Waals surface area contributed by atoms with Gasteiger partial charge in [-0.25, -0.2) is 9.78 Å². The number of carbonyl (C=O) groups is 3. The number of amides is 2. The first kappa shape index (κ1) is 14.7. The lowest BCUT2D eigenvalue weighted by molar-refractivity contribution is -0.118. The third kappa shape index (κ3) is 3.80. The molecule has 0 fully saturated rings. The molecular weight excluding hydrogens is 252 g/mol. The van der Waals surface area contributed by atoms with E-state index in [1.54, 1.807) is 0 Å². The number of aromatic amines is 1. The Kier molecular flexibility index (Phi) is 4.62. The average molecular weight is 268 g/mol. The number of hydrogen-bond donors (Lipinski definition) is 3. The van der Waals surface area contributed by atoms with Crippen molar-refractivity contribution in [2.45, 2.75) is 13.8 Å². The Morgan fingerprint density at radius 1 is 1.47 bits per heavy atom. The highest BCUT2D eigenvalue weighted by molar-refractivity contribution is 6.03. The number of carbonyl (C=O) groups excluding carboxylic acids is 2. The van der Waals surface area contributed by atoms with E-state index < -0.39 is 17.8 Å². The van der Waals surface area contributed by atoms with Crippen LogP contribution in [-0.2, 0) is 4.79 Å². The Morgan fingerprint density at radius 2 is 2.11 bits per heavy atom. The number of hydrogen-bond acceptors (Lipinski definition) is 4. The van der Waals surface area contributed by atoms with Crippen LogP contribution in [0.5, 0.6) is 0 Å². The summed E-state index contributed by atoms with van der Waals surface area (Å²) in [6, 6.07) is 0. The van der Waals surface area contributed by atoms with Crippen LogP contribution in [0.1, 0.15) is 34.8 Å². The minimum absolute atomic E-state index is 0.107. The van der Waals surface area contributed by atoms with E-state index in [9.17, 15) is 14.4 Å². The van der Waals surface area contributed by atoms with Crippen LogP contribution < -0.4 is 5.73 Å². The van der Waals surface area contributed by atoms with Crippen LogP contribution in [0.4, 0.5) is 0 Å². The van der Waals surface area contributed by atoms with Crippen LogP contribution in [-0.4, -0.2) is 50.8 Å². The van der Waals surface area contributed by atoms with E-state index in [2.05, 4.69) is 9.97 Å². The second kappa shape index (κ2) is 5.98. The van der Waals surface area contributed by atoms with Crippen LogP contribution in [0.25, 0.3) is 0 Å². The molecule has 8 heteroatoms. The Balaban J connectivity index is 3.01. The zero-order valence-electron chi connectivity index (χ0n) is 10.7. The first-order valence-corrected chi connectivity index (χ1v) is 5.67. The van der Waals surface area contributed by atoms with Gasteiger partial charge in [0, 0.05) is 6.54 Å². The molecule has 0 spiro atoms. The molecule has 1 heterocycles. The lowest BCUT2D eigenvalue weighted by Gasteiger charge is -2.22. The summed E-state index contributed by atoms with van der Waals surface area (Å²) in [6.07, 6.45) is 1.12. The van der Waals surface area contributed by atoms with Crippen LogP contribution in [0.15, 0.2) is 6.33 Å². The molecule has 0 radical (unpaired) electrons. The molecule has 0 aliphatic carbocycles. The molecule has 8 nitrogen and oxygen atoms in total. The smallest absolute Gasteiger partial charge is 0.354 e. The number of carboxylic acid groups (broad SMARTS) is 1. The fourth-order valence-corrected chi connectivity index (χ4v) is 1.62. The summed E-state index contributed by atoms with van der Waals surface area (Å²) in [5, 5.41) is 8.92. The maximum absolute atomic E-state index is 12.2. The van der Waals surface area contributed by atoms with Crippen molar-refractivity contribution in [2.75, 3.05) is 13.1 Å². The first-order chi connectivity index (χ1) is 8.82. The molecule has 0 aromatic carbocycles. The van der Waals surface area contributed by atoms with Crippen molar-refractivity contribution < 1.29 is 19.5 Å². The monoisotopic (exact) mass is 268 g/mol. The van der Waals surface area contributed by atoms with Gasteiger partial charge in [0.2, 0.25) is 5.91 Å². The van der Waals surface area contributed by atoms with Crippen LogP contribution in [0, 0.1) is 5.92 Å². The number of carboxylic acids is 1. The SMILES string of the molecule is CC(C)CN(CC(N)=O)C(=O)c1nc[nH]c1C(=O)O. The van der Waals surface area contributed by atoms with Gasteiger partial charge in [0.05, 0.1) is 12.9 Å². The number of rotatable bonds is 6. The summed E-state index contributed by atoms with van der Waals surface area (Å²) in [6.45, 7) is 3.74. The topological polar surface area (TPSA) is 129 Å². The standard InChI is InChI=1S/C11H16N4O4/c1-6(2)3-15(4-7(12)16)10(17)8-9(11(18)19)14-5-13-8/h5-6H,3-4H2,1-2H3,(H2,12,16)(H,13,14)(H,18,19). The van der Waals surface area contributed by atoms with Gasteiger partial charge in [-0.3, -0.25) is 9.59 Å². The van der Waals surface area contributed by atoms with Crippen molar-refractivity contribution >= 4 is 17.8 Å². The molecule has 104 valence electrons. The largest absolute Gasteiger partial charge is 0.477 e. The Hall–Kier alpha value is -2.38. The minimum atomic E-state index is -1.29. The van der Waals surface area contributed by atoms with Gasteiger partial charge in [0.1, 0.15) is 0 Å². The van der Waals surface area contributed by atoms with Gasteiger partial charge >= 0.3 is 5.97 Å². The lowest BCUT2D eigenvalue weighted by Crippen LogP contribution is -2.41. The molecule has 0 saturated carbocycles. The third-order valence-corrected chi connectivity index (χ3v) is 2.28. The molecule has 0 atom stereocenters. The summed E-state index contributed by atoms with van der Waals surface area (Å²) in [5.74, 6) is -2.48. The highest BCUT2D eigenvalue weighted by Gasteiger charge is 2.25. The van der Waals surface area contributed by atoms with Gasteiger partial charge in [-0.15, -0.1) is 0 Å². The maximum Gasteiger partial charge on any atom is 0.354 e. The molecular formula is C11H16N4O4. The van der Waals surface area contributed by atoms with Crippen molar-refractivity contribution in [1.29, 1.82) is 0 Å². The Labute approximate surface area is 109 Å². The average Bonchev–Trinajstić information content (AvgIpc) is 2.74. The van der Waals surface area contributed by atoms with E-state index >= 15 is 0 Å². The van der Waals surface area contributed by atoms with Crippen molar-refractivity contribution in [3.63, 3.8) is 0 Å². The van der Waals surface area contributed by atoms with Crippen molar-refractivity contribution in [3.05, 3.63) is 17.7 Å². The second-order valence-electron chi connectivity index (χ2n) is 4.48. The van der Waals surface area contributed by atoms with E-state index in [1.165, 1.54) is 4.90 Å². The van der Waals surface area contributed by atoms with Crippen molar-refractivity contribution in [2.24, 2.45) is 11.7 Å². The number of H-pyrrole nitrogens is 1. The fourth-order valence-electron chi connectivity index (χ4n) is 1.62. The maximum atomic E-state index is 12.2. The first-order valence-electron chi connectivity index (χ1n) is 5.67. The Bertz CT molecular complexity index is 495. The third-order valence-electron chi connectivity index (χ3n) is 2.28. The summed E-state index contributed by atoms with van der Waals surface area (Å²) >= 11 is 0. The molecule has 1 aromatic heterocycles. The fraction of sp³-hybridized carbons (Fsp3) is 0.455. The van der Waals surface area contributed by atoms with Gasteiger partial charge in [-0.1, -0.05) is 13.8 Å². The molecule has 4 N–H and O–H groups in total. The van der Waals surface area contributed by atoms with Gasteiger partial charge < -0.3 is 20.7 Å². The van der Waals surface area contributed by atoms with E-state index in [-0.39, 0.29) is 30.4 Å². The Morgan fingerprint density at radius 3 is 2.58 bits per heavy atom. The molecule has 0 aliphatic heterocycles. The van der Waals surface area contributed by atoms with Gasteiger partial charge in [0.15, 0.2) is 11.4 Å². The normalized spacial score (nSPS) is 10.5. The number of primary amides is 1. The zero-order valence-corrected chi connectivity index (χ0v) is 10.7. The van der Waals surface area contributed by atoms with E-state index in [1.807, 2.05) is 13.8 Å². The van der Waals surface area contributed by atoms with Gasteiger partial charge in [-0.2, -0.15) is 0 Å². The predicted molar refractivity (Wildman–Crippen MR) is 65.5 cm³/mol.